The number of hydrogen-bond donors (Lipinski definition) is 2. The van der Waals surface area contributed by atoms with Crippen LogP contribution >= 0.6 is 11.3 Å². The number of amides is 2. The Balaban J connectivity index is 1.23. The molecule has 4 aromatic rings. The minimum absolute atomic E-state index is 0.217. The van der Waals surface area contributed by atoms with Crippen molar-refractivity contribution >= 4 is 40.2 Å². The molecule has 2 aromatic carbocycles. The van der Waals surface area contributed by atoms with Crippen LogP contribution in [0.4, 0.5) is 21.5 Å². The highest BCUT2D eigenvalue weighted by molar-refractivity contribution is 7.16. The highest BCUT2D eigenvalue weighted by atomic mass is 32.1. The van der Waals surface area contributed by atoms with Crippen molar-refractivity contribution in [2.45, 2.75) is 6.92 Å². The largest absolute Gasteiger partial charge is 0.378 e. The summed E-state index contributed by atoms with van der Waals surface area (Å²) in [5.74, 6) is -1.29. The zero-order valence-electron chi connectivity index (χ0n) is 19.4. The third-order valence-electron chi connectivity index (χ3n) is 5.76. The van der Waals surface area contributed by atoms with E-state index >= 15 is 0 Å². The molecule has 0 bridgehead atoms. The van der Waals surface area contributed by atoms with Gasteiger partial charge in [-0.3, -0.25) is 9.59 Å². The van der Waals surface area contributed by atoms with E-state index < -0.39 is 11.7 Å². The number of nitrogens with zero attached hydrogens (tertiary/aromatic N) is 4. The van der Waals surface area contributed by atoms with Crippen LogP contribution in [0.25, 0.3) is 5.69 Å². The third kappa shape index (κ3) is 5.11. The number of aryl methyl sites for hydroxylation is 1. The second-order valence-corrected chi connectivity index (χ2v) is 9.26. The Hall–Kier alpha value is -4.09. The molecule has 0 atom stereocenters. The van der Waals surface area contributed by atoms with Crippen molar-refractivity contribution in [3.05, 3.63) is 82.3 Å². The average molecular weight is 507 g/mol. The average Bonchev–Trinajstić information content (AvgIpc) is 3.59. The lowest BCUT2D eigenvalue weighted by Crippen LogP contribution is -2.36. The Morgan fingerprint density at radius 2 is 1.75 bits per heavy atom. The van der Waals surface area contributed by atoms with Crippen molar-refractivity contribution in [2.24, 2.45) is 0 Å². The van der Waals surface area contributed by atoms with Crippen molar-refractivity contribution in [1.29, 1.82) is 0 Å². The summed E-state index contributed by atoms with van der Waals surface area (Å²) < 4.78 is 21.1. The first-order chi connectivity index (χ1) is 17.5. The zero-order valence-corrected chi connectivity index (χ0v) is 20.2. The van der Waals surface area contributed by atoms with E-state index in [-0.39, 0.29) is 17.3 Å². The monoisotopic (exact) mass is 506 g/mol. The van der Waals surface area contributed by atoms with Crippen LogP contribution in [0.15, 0.2) is 61.2 Å². The first-order valence-electron chi connectivity index (χ1n) is 11.3. The van der Waals surface area contributed by atoms with Gasteiger partial charge in [0.15, 0.2) is 5.82 Å². The highest BCUT2D eigenvalue weighted by Gasteiger charge is 2.17. The standard InChI is InChI=1S/C25H23FN6O3S/c1-16-12-18(31-8-10-35-11-9-31)3-4-20(16)30-25(34)23-7-6-22(36-23)24(33)29-17-2-5-21(19(26)13-17)32-15-27-14-28-32/h2-7,12-15H,8-11H2,1H3,(H,29,33)(H,30,34). The molecule has 2 amide bonds. The van der Waals surface area contributed by atoms with Gasteiger partial charge in [-0.05, 0) is 61.0 Å². The molecule has 0 spiro atoms. The van der Waals surface area contributed by atoms with Crippen molar-refractivity contribution in [2.75, 3.05) is 41.8 Å². The number of carbonyl (C=O) groups excluding carboxylic acids is 2. The van der Waals surface area contributed by atoms with E-state index in [1.807, 2.05) is 25.1 Å². The molecule has 1 saturated heterocycles. The number of aromatic nitrogens is 3. The number of rotatable bonds is 6. The van der Waals surface area contributed by atoms with Gasteiger partial charge in [0.1, 0.15) is 18.3 Å². The quantitative estimate of drug-likeness (QED) is 0.408. The van der Waals surface area contributed by atoms with E-state index in [0.717, 1.165) is 35.7 Å². The van der Waals surface area contributed by atoms with E-state index in [1.165, 1.54) is 29.5 Å². The maximum absolute atomic E-state index is 14.4. The molecule has 9 nitrogen and oxygen atoms in total. The van der Waals surface area contributed by atoms with Gasteiger partial charge in [0.25, 0.3) is 11.8 Å². The molecule has 0 unspecified atom stereocenters. The van der Waals surface area contributed by atoms with Crippen LogP contribution in [-0.4, -0.2) is 52.9 Å². The number of ether oxygens (including phenoxy) is 1. The molecule has 0 saturated carbocycles. The number of hydrogen-bond acceptors (Lipinski definition) is 7. The Bertz CT molecular complexity index is 1400. The Kier molecular flexibility index (Phi) is 6.74. The minimum atomic E-state index is -0.556. The number of halogens is 1. The SMILES string of the molecule is Cc1cc(N2CCOCC2)ccc1NC(=O)c1ccc(C(=O)Nc2ccc(-n3cncn3)c(F)c2)s1. The van der Waals surface area contributed by atoms with Crippen LogP contribution in [0.5, 0.6) is 0 Å². The molecule has 2 aromatic heterocycles. The smallest absolute Gasteiger partial charge is 0.265 e. The fourth-order valence-corrected chi connectivity index (χ4v) is 4.66. The van der Waals surface area contributed by atoms with Crippen LogP contribution in [0.1, 0.15) is 24.9 Å². The Labute approximate surface area is 210 Å². The summed E-state index contributed by atoms with van der Waals surface area (Å²) in [6, 6.07) is 13.4. The molecular weight excluding hydrogens is 483 g/mol. The fraction of sp³-hybridized carbons (Fsp3) is 0.200. The van der Waals surface area contributed by atoms with Crippen LogP contribution < -0.4 is 15.5 Å². The first-order valence-corrected chi connectivity index (χ1v) is 12.1. The third-order valence-corrected chi connectivity index (χ3v) is 6.84. The second kappa shape index (κ2) is 10.3. The van der Waals surface area contributed by atoms with Gasteiger partial charge in [0.2, 0.25) is 0 Å². The highest BCUT2D eigenvalue weighted by Crippen LogP contribution is 2.26. The normalized spacial score (nSPS) is 13.4. The van der Waals surface area contributed by atoms with Crippen molar-refractivity contribution in [1.82, 2.24) is 14.8 Å². The predicted molar refractivity (Wildman–Crippen MR) is 136 cm³/mol. The lowest BCUT2D eigenvalue weighted by atomic mass is 10.1. The van der Waals surface area contributed by atoms with E-state index in [4.69, 9.17) is 4.74 Å². The summed E-state index contributed by atoms with van der Waals surface area (Å²) in [6.45, 7) is 5.03. The number of morpholine rings is 1. The van der Waals surface area contributed by atoms with E-state index in [2.05, 4.69) is 25.6 Å². The molecule has 0 radical (unpaired) electrons. The Morgan fingerprint density at radius 1 is 1.00 bits per heavy atom. The molecule has 5 rings (SSSR count). The maximum atomic E-state index is 14.4. The zero-order chi connectivity index (χ0) is 25.1. The van der Waals surface area contributed by atoms with Crippen LogP contribution in [-0.2, 0) is 4.74 Å². The summed E-state index contributed by atoms with van der Waals surface area (Å²) in [6.07, 6.45) is 2.69. The van der Waals surface area contributed by atoms with E-state index in [9.17, 15) is 14.0 Å². The van der Waals surface area contributed by atoms with Gasteiger partial charge < -0.3 is 20.3 Å². The van der Waals surface area contributed by atoms with Crippen LogP contribution in [0, 0.1) is 12.7 Å². The lowest BCUT2D eigenvalue weighted by molar-refractivity contribution is 0.102. The first kappa shape index (κ1) is 23.6. The summed E-state index contributed by atoms with van der Waals surface area (Å²) in [4.78, 5) is 32.3. The molecule has 1 aliphatic heterocycles. The Morgan fingerprint density at radius 3 is 2.42 bits per heavy atom. The van der Waals surface area contributed by atoms with Gasteiger partial charge in [0.05, 0.1) is 23.0 Å². The number of carbonyl (C=O) groups is 2. The summed E-state index contributed by atoms with van der Waals surface area (Å²) in [7, 11) is 0. The molecule has 1 fully saturated rings. The molecule has 2 N–H and O–H groups in total. The second-order valence-electron chi connectivity index (χ2n) is 8.18. The van der Waals surface area contributed by atoms with Gasteiger partial charge in [-0.2, -0.15) is 5.10 Å². The van der Waals surface area contributed by atoms with E-state index in [1.54, 1.807) is 18.2 Å². The molecule has 3 heterocycles. The summed E-state index contributed by atoms with van der Waals surface area (Å²) in [5, 5.41) is 9.48. The number of nitrogens with one attached hydrogen (secondary N) is 2. The van der Waals surface area contributed by atoms with Gasteiger partial charge >= 0.3 is 0 Å². The van der Waals surface area contributed by atoms with Crippen LogP contribution in [0.3, 0.4) is 0 Å². The molecular formula is C25H23FN6O3S. The van der Waals surface area contributed by atoms with Gasteiger partial charge in [0, 0.05) is 30.2 Å². The predicted octanol–water partition coefficient (Wildman–Crippen LogP) is 4.12. The van der Waals surface area contributed by atoms with E-state index in [0.29, 0.717) is 28.7 Å². The topological polar surface area (TPSA) is 101 Å². The number of benzene rings is 2. The van der Waals surface area contributed by atoms with Gasteiger partial charge in [-0.15, -0.1) is 11.3 Å². The molecule has 11 heteroatoms. The lowest BCUT2D eigenvalue weighted by Gasteiger charge is -2.29. The van der Waals surface area contributed by atoms with Crippen molar-refractivity contribution < 1.29 is 18.7 Å². The number of thiophene rings is 1. The van der Waals surface area contributed by atoms with Gasteiger partial charge in [-0.25, -0.2) is 14.1 Å². The summed E-state index contributed by atoms with van der Waals surface area (Å²) in [5.41, 5.74) is 3.25. The molecule has 1 aliphatic rings. The molecule has 36 heavy (non-hydrogen) atoms. The minimum Gasteiger partial charge on any atom is -0.378 e. The number of anilines is 3. The molecule has 184 valence electrons. The molecule has 0 aliphatic carbocycles. The van der Waals surface area contributed by atoms with Gasteiger partial charge in [-0.1, -0.05) is 0 Å². The van der Waals surface area contributed by atoms with Crippen LogP contribution in [0.2, 0.25) is 0 Å². The maximum Gasteiger partial charge on any atom is 0.265 e. The van der Waals surface area contributed by atoms with Crippen molar-refractivity contribution in [3.63, 3.8) is 0 Å². The fourth-order valence-electron chi connectivity index (χ4n) is 3.87. The summed E-state index contributed by atoms with van der Waals surface area (Å²) >= 11 is 1.06. The van der Waals surface area contributed by atoms with Crippen molar-refractivity contribution in [3.8, 4) is 5.69 Å².